The zero-order valence-electron chi connectivity index (χ0n) is 10.0. The van der Waals surface area contributed by atoms with E-state index in [0.29, 0.717) is 6.54 Å². The lowest BCUT2D eigenvalue weighted by Gasteiger charge is -2.33. The molecule has 1 aliphatic heterocycles. The van der Waals surface area contributed by atoms with Crippen molar-refractivity contribution in [2.45, 2.75) is 18.3 Å². The molecule has 1 heterocycles. The quantitative estimate of drug-likeness (QED) is 0.787. The van der Waals surface area contributed by atoms with E-state index in [9.17, 15) is 4.79 Å². The Morgan fingerprint density at radius 1 is 1.18 bits per heavy atom. The second-order valence-corrected chi connectivity index (χ2v) is 4.99. The number of halogens is 1. The number of amides is 2. The summed E-state index contributed by atoms with van der Waals surface area (Å²) < 4.78 is 0. The molecule has 0 aromatic heterocycles. The van der Waals surface area contributed by atoms with Gasteiger partial charge in [-0.05, 0) is 17.5 Å². The molecule has 2 rings (SSSR count). The predicted molar refractivity (Wildman–Crippen MR) is 72.1 cm³/mol. The molecular weight excluding hydrogens is 280 g/mol. The van der Waals surface area contributed by atoms with Crippen LogP contribution in [0.5, 0.6) is 0 Å². The van der Waals surface area contributed by atoms with Crippen molar-refractivity contribution in [3.63, 3.8) is 0 Å². The molecule has 4 heteroatoms. The smallest absolute Gasteiger partial charge is 0.320 e. The van der Waals surface area contributed by atoms with Gasteiger partial charge in [-0.3, -0.25) is 0 Å². The van der Waals surface area contributed by atoms with Crippen LogP contribution >= 0.6 is 15.9 Å². The van der Waals surface area contributed by atoms with E-state index in [1.165, 1.54) is 11.1 Å². The van der Waals surface area contributed by atoms with Crippen LogP contribution in [0.1, 0.15) is 17.5 Å². The summed E-state index contributed by atoms with van der Waals surface area (Å²) in [6.45, 7) is 2.45. The van der Waals surface area contributed by atoms with E-state index in [1.807, 2.05) is 11.9 Å². The molecule has 0 atom stereocenters. The Kier molecular flexibility index (Phi) is 4.05. The van der Waals surface area contributed by atoms with E-state index >= 15 is 0 Å². The Labute approximate surface area is 111 Å². The highest BCUT2D eigenvalue weighted by Gasteiger charge is 2.22. The van der Waals surface area contributed by atoms with Crippen LogP contribution in [0, 0.1) is 0 Å². The molecule has 17 heavy (non-hydrogen) atoms. The number of rotatable bonds is 3. The summed E-state index contributed by atoms with van der Waals surface area (Å²) in [5.41, 5.74) is 2.45. The maximum absolute atomic E-state index is 11.9. The lowest BCUT2D eigenvalue weighted by atomic mass is 10.1. The first-order valence-corrected chi connectivity index (χ1v) is 6.96. The van der Waals surface area contributed by atoms with Crippen LogP contribution in [0.4, 0.5) is 4.79 Å². The lowest BCUT2D eigenvalue weighted by molar-refractivity contribution is 0.138. The molecule has 0 unspecified atom stereocenters. The summed E-state index contributed by atoms with van der Waals surface area (Å²) in [6, 6.07) is 8.53. The summed E-state index contributed by atoms with van der Waals surface area (Å²) in [4.78, 5) is 15.6. The second-order valence-electron chi connectivity index (χ2n) is 4.43. The number of carbonyl (C=O) groups is 1. The number of hydrogen-bond acceptors (Lipinski definition) is 1. The molecule has 1 saturated heterocycles. The minimum absolute atomic E-state index is 0.140. The van der Waals surface area contributed by atoms with Gasteiger partial charge in [0.15, 0.2) is 0 Å². The minimum Gasteiger partial charge on any atom is -0.328 e. The highest BCUT2D eigenvalue weighted by atomic mass is 79.9. The first kappa shape index (κ1) is 12.4. The summed E-state index contributed by atoms with van der Waals surface area (Å²) in [6.07, 6.45) is 1.06. The van der Waals surface area contributed by atoms with Crippen molar-refractivity contribution < 1.29 is 4.79 Å². The van der Waals surface area contributed by atoms with Crippen LogP contribution < -0.4 is 0 Å². The van der Waals surface area contributed by atoms with Gasteiger partial charge in [0.25, 0.3) is 0 Å². The number of urea groups is 1. The second kappa shape index (κ2) is 5.54. The monoisotopic (exact) mass is 296 g/mol. The van der Waals surface area contributed by atoms with Gasteiger partial charge in [0, 0.05) is 32.0 Å². The average molecular weight is 297 g/mol. The molecule has 3 nitrogen and oxygen atoms in total. The highest BCUT2D eigenvalue weighted by molar-refractivity contribution is 9.08. The molecule has 92 valence electrons. The molecule has 0 bridgehead atoms. The van der Waals surface area contributed by atoms with Crippen LogP contribution in [-0.4, -0.2) is 36.0 Å². The molecule has 0 aliphatic carbocycles. The minimum atomic E-state index is 0.140. The van der Waals surface area contributed by atoms with Crippen molar-refractivity contribution >= 4 is 22.0 Å². The van der Waals surface area contributed by atoms with Gasteiger partial charge >= 0.3 is 6.03 Å². The number of alkyl halides is 1. The molecule has 1 aromatic carbocycles. The fraction of sp³-hybridized carbons (Fsp3) is 0.462. The van der Waals surface area contributed by atoms with Gasteiger partial charge < -0.3 is 9.80 Å². The SMILES string of the molecule is CN1CCCN(Cc2ccc(CBr)cc2)C1=O. The maximum Gasteiger partial charge on any atom is 0.320 e. The van der Waals surface area contributed by atoms with Crippen molar-refractivity contribution in [3.05, 3.63) is 35.4 Å². The molecule has 0 radical (unpaired) electrons. The van der Waals surface area contributed by atoms with Gasteiger partial charge in [0.2, 0.25) is 0 Å². The van der Waals surface area contributed by atoms with Crippen LogP contribution in [0.3, 0.4) is 0 Å². The number of hydrogen-bond donors (Lipinski definition) is 0. The van der Waals surface area contributed by atoms with Crippen LogP contribution in [0.2, 0.25) is 0 Å². The number of benzene rings is 1. The van der Waals surface area contributed by atoms with E-state index in [0.717, 1.165) is 24.8 Å². The summed E-state index contributed by atoms with van der Waals surface area (Å²) in [5, 5.41) is 0.874. The largest absolute Gasteiger partial charge is 0.328 e. The molecule has 2 amide bonds. The van der Waals surface area contributed by atoms with Gasteiger partial charge in [0.1, 0.15) is 0 Å². The van der Waals surface area contributed by atoms with Crippen LogP contribution in [0.15, 0.2) is 24.3 Å². The summed E-state index contributed by atoms with van der Waals surface area (Å²) in [5.74, 6) is 0. The van der Waals surface area contributed by atoms with Crippen LogP contribution in [-0.2, 0) is 11.9 Å². The average Bonchev–Trinajstić information content (AvgIpc) is 2.36. The van der Waals surface area contributed by atoms with E-state index in [4.69, 9.17) is 0 Å². The highest BCUT2D eigenvalue weighted by Crippen LogP contribution is 2.14. The van der Waals surface area contributed by atoms with Crippen LogP contribution in [0.25, 0.3) is 0 Å². The molecular formula is C13H17BrN2O. The molecule has 1 aliphatic rings. The van der Waals surface area contributed by atoms with Crippen molar-refractivity contribution in [1.82, 2.24) is 9.80 Å². The molecule has 0 saturated carbocycles. The van der Waals surface area contributed by atoms with Gasteiger partial charge in [-0.15, -0.1) is 0 Å². The van der Waals surface area contributed by atoms with Gasteiger partial charge in [-0.2, -0.15) is 0 Å². The Hall–Kier alpha value is -1.03. The van der Waals surface area contributed by atoms with Crippen molar-refractivity contribution in [1.29, 1.82) is 0 Å². The first-order valence-electron chi connectivity index (χ1n) is 5.84. The number of nitrogens with zero attached hydrogens (tertiary/aromatic N) is 2. The van der Waals surface area contributed by atoms with E-state index in [-0.39, 0.29) is 6.03 Å². The Bertz CT molecular complexity index is 391. The van der Waals surface area contributed by atoms with Gasteiger partial charge in [0.05, 0.1) is 0 Å². The zero-order chi connectivity index (χ0) is 12.3. The third-order valence-corrected chi connectivity index (χ3v) is 3.72. The molecule has 1 fully saturated rings. The Balaban J connectivity index is 2.01. The molecule has 1 aromatic rings. The van der Waals surface area contributed by atoms with Crippen molar-refractivity contribution in [2.24, 2.45) is 0 Å². The number of carbonyl (C=O) groups excluding carboxylic acids is 1. The first-order chi connectivity index (χ1) is 8.20. The summed E-state index contributed by atoms with van der Waals surface area (Å²) >= 11 is 3.43. The normalized spacial score (nSPS) is 16.5. The summed E-state index contributed by atoms with van der Waals surface area (Å²) in [7, 11) is 1.86. The van der Waals surface area contributed by atoms with E-state index < -0.39 is 0 Å². The zero-order valence-corrected chi connectivity index (χ0v) is 11.6. The molecule has 0 spiro atoms. The predicted octanol–water partition coefficient (Wildman–Crippen LogP) is 2.84. The fourth-order valence-electron chi connectivity index (χ4n) is 2.03. The Morgan fingerprint density at radius 2 is 1.82 bits per heavy atom. The fourth-order valence-corrected chi connectivity index (χ4v) is 2.41. The van der Waals surface area contributed by atoms with Crippen molar-refractivity contribution in [2.75, 3.05) is 20.1 Å². The maximum atomic E-state index is 11.9. The van der Waals surface area contributed by atoms with Crippen molar-refractivity contribution in [3.8, 4) is 0 Å². The topological polar surface area (TPSA) is 23.6 Å². The van der Waals surface area contributed by atoms with E-state index in [2.05, 4.69) is 40.2 Å². The lowest BCUT2D eigenvalue weighted by Crippen LogP contribution is -2.46. The standard InChI is InChI=1S/C13H17BrN2O/c1-15-7-2-8-16(13(15)17)10-12-5-3-11(9-14)4-6-12/h3-6H,2,7-10H2,1H3. The third kappa shape index (κ3) is 3.00. The van der Waals surface area contributed by atoms with Gasteiger partial charge in [-0.25, -0.2) is 4.79 Å². The van der Waals surface area contributed by atoms with Gasteiger partial charge in [-0.1, -0.05) is 40.2 Å². The third-order valence-electron chi connectivity index (χ3n) is 3.07. The Morgan fingerprint density at radius 3 is 2.47 bits per heavy atom. The van der Waals surface area contributed by atoms with E-state index in [1.54, 1.807) is 4.90 Å². The molecule has 0 N–H and O–H groups in total.